The van der Waals surface area contributed by atoms with Crippen LogP contribution in [0, 0.1) is 0 Å². The molecule has 2 heterocycles. The van der Waals surface area contributed by atoms with Crippen LogP contribution in [0.1, 0.15) is 34.8 Å². The number of hydrogen-bond donors (Lipinski definition) is 1. The molecule has 0 aromatic heterocycles. The molecule has 7 heteroatoms. The maximum atomic E-state index is 13.0. The number of carbonyl (C=O) groups is 1. The van der Waals surface area contributed by atoms with Gasteiger partial charge in [-0.25, -0.2) is 0 Å². The minimum Gasteiger partial charge on any atom is -0.496 e. The molecule has 0 unspecified atom stereocenters. The standard InChI is InChI=1S/C22H26N2O5/c1-26-18-6-5-7-19(27-2)21(18)22(25)23-13-16(24-10-3-4-11-24)15-8-9-17-20(12-15)29-14-28-17/h5-9,12,16H,3-4,10-11,13-14H2,1-2H3,(H,23,25)/t16-/m0/s1. The monoisotopic (exact) mass is 398 g/mol. The summed E-state index contributed by atoms with van der Waals surface area (Å²) in [7, 11) is 3.09. The number of fused-ring (bicyclic) bond motifs is 1. The Bertz CT molecular complexity index is 857. The number of carbonyl (C=O) groups excluding carboxylic acids is 1. The Balaban J connectivity index is 1.55. The topological polar surface area (TPSA) is 69.3 Å². The lowest BCUT2D eigenvalue weighted by Gasteiger charge is -2.28. The van der Waals surface area contributed by atoms with Gasteiger partial charge in [0.15, 0.2) is 11.5 Å². The van der Waals surface area contributed by atoms with Crippen LogP contribution < -0.4 is 24.3 Å². The molecule has 2 aliphatic rings. The Morgan fingerprint density at radius 1 is 1.07 bits per heavy atom. The zero-order chi connectivity index (χ0) is 20.2. The van der Waals surface area contributed by atoms with Crippen LogP contribution in [0.2, 0.25) is 0 Å². The summed E-state index contributed by atoms with van der Waals surface area (Å²) >= 11 is 0. The molecule has 29 heavy (non-hydrogen) atoms. The SMILES string of the molecule is COc1cccc(OC)c1C(=O)NC[C@@H](c1ccc2c(c1)OCO2)N1CCCC1. The Kier molecular flexibility index (Phi) is 5.76. The van der Waals surface area contributed by atoms with Crippen molar-refractivity contribution in [3.8, 4) is 23.0 Å². The molecule has 2 aromatic carbocycles. The van der Waals surface area contributed by atoms with Crippen LogP contribution in [0.4, 0.5) is 0 Å². The van der Waals surface area contributed by atoms with E-state index in [0.29, 0.717) is 23.6 Å². The molecular formula is C22H26N2O5. The van der Waals surface area contributed by atoms with Gasteiger partial charge in [-0.15, -0.1) is 0 Å². The van der Waals surface area contributed by atoms with Crippen molar-refractivity contribution in [2.24, 2.45) is 0 Å². The smallest absolute Gasteiger partial charge is 0.258 e. The Morgan fingerprint density at radius 2 is 1.76 bits per heavy atom. The number of hydrogen-bond acceptors (Lipinski definition) is 6. The number of nitrogens with zero attached hydrogens (tertiary/aromatic N) is 1. The van der Waals surface area contributed by atoms with Gasteiger partial charge in [-0.2, -0.15) is 0 Å². The zero-order valence-electron chi connectivity index (χ0n) is 16.8. The fraction of sp³-hybridized carbons (Fsp3) is 0.409. The summed E-state index contributed by atoms with van der Waals surface area (Å²) in [6.45, 7) is 2.73. The molecule has 0 radical (unpaired) electrons. The minimum atomic E-state index is -0.218. The zero-order valence-corrected chi connectivity index (χ0v) is 16.8. The lowest BCUT2D eigenvalue weighted by atomic mass is 10.0. The van der Waals surface area contributed by atoms with E-state index in [9.17, 15) is 4.79 Å². The van der Waals surface area contributed by atoms with Crippen molar-refractivity contribution in [1.29, 1.82) is 0 Å². The molecule has 7 nitrogen and oxygen atoms in total. The van der Waals surface area contributed by atoms with Crippen molar-refractivity contribution in [2.45, 2.75) is 18.9 Å². The first kappa shape index (κ1) is 19.4. The van der Waals surface area contributed by atoms with Crippen LogP contribution in [0.15, 0.2) is 36.4 Å². The molecule has 1 N–H and O–H groups in total. The summed E-state index contributed by atoms with van der Waals surface area (Å²) in [4.78, 5) is 15.4. The summed E-state index contributed by atoms with van der Waals surface area (Å²) in [6.07, 6.45) is 2.32. The first-order valence-corrected chi connectivity index (χ1v) is 9.84. The van der Waals surface area contributed by atoms with Gasteiger partial charge in [-0.05, 0) is 55.8 Å². The van der Waals surface area contributed by atoms with Gasteiger partial charge in [0.1, 0.15) is 17.1 Å². The van der Waals surface area contributed by atoms with Crippen molar-refractivity contribution in [1.82, 2.24) is 10.2 Å². The average Bonchev–Trinajstić information content (AvgIpc) is 3.44. The lowest BCUT2D eigenvalue weighted by Crippen LogP contribution is -2.37. The maximum absolute atomic E-state index is 13.0. The van der Waals surface area contributed by atoms with Crippen LogP contribution in [-0.2, 0) is 0 Å². The molecule has 2 aromatic rings. The summed E-state index contributed by atoms with van der Waals surface area (Å²) in [5.74, 6) is 2.27. The summed E-state index contributed by atoms with van der Waals surface area (Å²) in [5.41, 5.74) is 1.51. The van der Waals surface area contributed by atoms with Gasteiger partial charge in [-0.1, -0.05) is 12.1 Å². The van der Waals surface area contributed by atoms with E-state index in [-0.39, 0.29) is 18.7 Å². The van der Waals surface area contributed by atoms with E-state index in [1.54, 1.807) is 32.4 Å². The largest absolute Gasteiger partial charge is 0.496 e. The van der Waals surface area contributed by atoms with Crippen molar-refractivity contribution in [3.05, 3.63) is 47.5 Å². The molecule has 1 amide bonds. The lowest BCUT2D eigenvalue weighted by molar-refractivity contribution is 0.0931. The summed E-state index contributed by atoms with van der Waals surface area (Å²) < 4.78 is 21.7. The summed E-state index contributed by atoms with van der Waals surface area (Å²) in [6, 6.07) is 11.4. The van der Waals surface area contributed by atoms with Gasteiger partial charge in [-0.3, -0.25) is 9.69 Å². The number of rotatable bonds is 7. The molecule has 4 rings (SSSR count). The van der Waals surface area contributed by atoms with E-state index in [0.717, 1.165) is 43.0 Å². The van der Waals surface area contributed by atoms with E-state index in [1.165, 1.54) is 0 Å². The van der Waals surface area contributed by atoms with Crippen LogP contribution >= 0.6 is 0 Å². The molecule has 154 valence electrons. The van der Waals surface area contributed by atoms with Gasteiger partial charge >= 0.3 is 0 Å². The van der Waals surface area contributed by atoms with E-state index < -0.39 is 0 Å². The van der Waals surface area contributed by atoms with Gasteiger partial charge in [0.05, 0.1) is 20.3 Å². The second kappa shape index (κ2) is 8.61. The van der Waals surface area contributed by atoms with Crippen LogP contribution in [0.3, 0.4) is 0 Å². The molecule has 0 aliphatic carbocycles. The molecule has 1 saturated heterocycles. The number of likely N-dealkylation sites (tertiary alicyclic amines) is 1. The first-order valence-electron chi connectivity index (χ1n) is 9.84. The predicted octanol–water partition coefficient (Wildman–Crippen LogP) is 3.00. The minimum absolute atomic E-state index is 0.0525. The van der Waals surface area contributed by atoms with Crippen LogP contribution in [-0.4, -0.2) is 51.5 Å². The average molecular weight is 398 g/mol. The third-order valence-corrected chi connectivity index (χ3v) is 5.47. The Morgan fingerprint density at radius 3 is 2.45 bits per heavy atom. The quantitative estimate of drug-likeness (QED) is 0.773. The number of methoxy groups -OCH3 is 2. The molecule has 0 spiro atoms. The van der Waals surface area contributed by atoms with Gasteiger partial charge in [0.25, 0.3) is 5.91 Å². The fourth-order valence-corrected chi connectivity index (χ4v) is 3.98. The predicted molar refractivity (Wildman–Crippen MR) is 108 cm³/mol. The highest BCUT2D eigenvalue weighted by Gasteiger charge is 2.27. The highest BCUT2D eigenvalue weighted by atomic mass is 16.7. The van der Waals surface area contributed by atoms with Crippen molar-refractivity contribution >= 4 is 5.91 Å². The number of benzene rings is 2. The number of ether oxygens (including phenoxy) is 4. The summed E-state index contributed by atoms with van der Waals surface area (Å²) in [5, 5.41) is 3.08. The molecule has 1 fully saturated rings. The van der Waals surface area contributed by atoms with Gasteiger partial charge in [0.2, 0.25) is 6.79 Å². The third kappa shape index (κ3) is 3.96. The fourth-order valence-electron chi connectivity index (χ4n) is 3.98. The Hall–Kier alpha value is -2.93. The second-order valence-corrected chi connectivity index (χ2v) is 7.12. The molecular weight excluding hydrogens is 372 g/mol. The number of amides is 1. The van der Waals surface area contributed by atoms with Crippen molar-refractivity contribution in [3.63, 3.8) is 0 Å². The van der Waals surface area contributed by atoms with E-state index >= 15 is 0 Å². The molecule has 1 atom stereocenters. The molecule has 0 bridgehead atoms. The van der Waals surface area contributed by atoms with Crippen LogP contribution in [0.5, 0.6) is 23.0 Å². The first-order chi connectivity index (χ1) is 14.2. The highest BCUT2D eigenvalue weighted by Crippen LogP contribution is 2.36. The normalized spacial score (nSPS) is 16.5. The van der Waals surface area contributed by atoms with Crippen molar-refractivity contribution < 1.29 is 23.7 Å². The van der Waals surface area contributed by atoms with E-state index in [4.69, 9.17) is 18.9 Å². The van der Waals surface area contributed by atoms with Gasteiger partial charge < -0.3 is 24.3 Å². The maximum Gasteiger partial charge on any atom is 0.258 e. The number of nitrogens with one attached hydrogen (secondary N) is 1. The van der Waals surface area contributed by atoms with Gasteiger partial charge in [0, 0.05) is 6.54 Å². The van der Waals surface area contributed by atoms with Crippen molar-refractivity contribution in [2.75, 3.05) is 40.6 Å². The molecule has 2 aliphatic heterocycles. The highest BCUT2D eigenvalue weighted by molar-refractivity contribution is 5.99. The molecule has 0 saturated carbocycles. The van der Waals surface area contributed by atoms with E-state index in [1.807, 2.05) is 18.2 Å². The Labute approximate surface area is 170 Å². The van der Waals surface area contributed by atoms with Crippen LogP contribution in [0.25, 0.3) is 0 Å². The second-order valence-electron chi connectivity index (χ2n) is 7.12. The van der Waals surface area contributed by atoms with E-state index in [2.05, 4.69) is 10.2 Å². The third-order valence-electron chi connectivity index (χ3n) is 5.47.